The first-order valence-electron chi connectivity index (χ1n) is 5.60. The predicted octanol–water partition coefficient (Wildman–Crippen LogP) is 3.78. The van der Waals surface area contributed by atoms with E-state index in [4.69, 9.17) is 12.2 Å². The molecule has 0 aromatic heterocycles. The second kappa shape index (κ2) is 6.51. The van der Waals surface area contributed by atoms with Gasteiger partial charge in [0.2, 0.25) is 0 Å². The summed E-state index contributed by atoms with van der Waals surface area (Å²) in [7, 11) is 0. The van der Waals surface area contributed by atoms with Crippen LogP contribution in [0.25, 0.3) is 0 Å². The Hall–Kier alpha value is -1.63. The van der Waals surface area contributed by atoms with Crippen LogP contribution in [-0.2, 0) is 6.18 Å². The molecule has 0 amide bonds. The Morgan fingerprint density at radius 3 is 2.63 bits per heavy atom. The summed E-state index contributed by atoms with van der Waals surface area (Å²) in [4.78, 5) is 0. The number of hydrogen-bond donors (Lipinski definition) is 2. The summed E-state index contributed by atoms with van der Waals surface area (Å²) in [5.74, 6) is 0. The van der Waals surface area contributed by atoms with Crippen LogP contribution in [-0.4, -0.2) is 10.8 Å². The average Bonchev–Trinajstić information content (AvgIpc) is 2.35. The van der Waals surface area contributed by atoms with Gasteiger partial charge in [-0.1, -0.05) is 13.0 Å². The highest BCUT2D eigenvalue weighted by molar-refractivity contribution is 7.80. The van der Waals surface area contributed by atoms with Crippen molar-refractivity contribution in [1.82, 2.24) is 5.43 Å². The lowest BCUT2D eigenvalue weighted by Gasteiger charge is -2.11. The molecule has 0 heterocycles. The van der Waals surface area contributed by atoms with Crippen molar-refractivity contribution >= 4 is 28.7 Å². The minimum absolute atomic E-state index is 0.145. The van der Waals surface area contributed by atoms with Crippen LogP contribution < -0.4 is 10.7 Å². The highest BCUT2D eigenvalue weighted by atomic mass is 32.1. The molecule has 0 bridgehead atoms. The largest absolute Gasteiger partial charge is 0.416 e. The van der Waals surface area contributed by atoms with Gasteiger partial charge in [0.05, 0.1) is 5.56 Å². The molecule has 3 nitrogen and oxygen atoms in total. The Bertz CT molecular complexity index is 483. The molecular weight excluding hydrogens is 275 g/mol. The van der Waals surface area contributed by atoms with Gasteiger partial charge in [-0.25, -0.2) is 0 Å². The van der Waals surface area contributed by atoms with Crippen LogP contribution in [0.3, 0.4) is 0 Å². The highest BCUT2D eigenvalue weighted by Gasteiger charge is 2.30. The van der Waals surface area contributed by atoms with E-state index in [-0.39, 0.29) is 10.8 Å². The van der Waals surface area contributed by atoms with Crippen molar-refractivity contribution in [3.05, 3.63) is 29.8 Å². The zero-order chi connectivity index (χ0) is 14.5. The third kappa shape index (κ3) is 5.25. The summed E-state index contributed by atoms with van der Waals surface area (Å²) in [6.45, 7) is 3.75. The quantitative estimate of drug-likeness (QED) is 0.505. The van der Waals surface area contributed by atoms with Gasteiger partial charge >= 0.3 is 6.18 Å². The van der Waals surface area contributed by atoms with E-state index in [0.717, 1.165) is 24.3 Å². The van der Waals surface area contributed by atoms with Crippen LogP contribution in [0.15, 0.2) is 29.4 Å². The van der Waals surface area contributed by atoms with Crippen molar-refractivity contribution in [1.29, 1.82) is 0 Å². The Kier molecular flexibility index (Phi) is 5.29. The maximum Gasteiger partial charge on any atom is 0.416 e. The molecule has 104 valence electrons. The molecule has 19 heavy (non-hydrogen) atoms. The fourth-order valence-corrected chi connectivity index (χ4v) is 1.32. The van der Waals surface area contributed by atoms with Crippen LogP contribution >= 0.6 is 12.2 Å². The third-order valence-electron chi connectivity index (χ3n) is 2.31. The van der Waals surface area contributed by atoms with Crippen molar-refractivity contribution in [2.45, 2.75) is 26.4 Å². The number of hydrazone groups is 1. The van der Waals surface area contributed by atoms with Crippen LogP contribution in [0.5, 0.6) is 0 Å². The number of nitrogens with one attached hydrogen (secondary N) is 2. The number of nitrogens with zero attached hydrogens (tertiary/aromatic N) is 1. The van der Waals surface area contributed by atoms with Gasteiger partial charge in [-0.2, -0.15) is 18.3 Å². The maximum atomic E-state index is 12.5. The Morgan fingerprint density at radius 2 is 2.05 bits per heavy atom. The van der Waals surface area contributed by atoms with E-state index in [1.165, 1.54) is 12.1 Å². The van der Waals surface area contributed by atoms with Gasteiger partial charge in [0.25, 0.3) is 0 Å². The van der Waals surface area contributed by atoms with E-state index >= 15 is 0 Å². The fraction of sp³-hybridized carbons (Fsp3) is 0.333. The Morgan fingerprint density at radius 1 is 1.37 bits per heavy atom. The summed E-state index contributed by atoms with van der Waals surface area (Å²) < 4.78 is 37.5. The van der Waals surface area contributed by atoms with Crippen molar-refractivity contribution in [2.24, 2.45) is 5.10 Å². The SMILES string of the molecule is CC/C(C)=N\NC(=S)Nc1cccc(C(F)(F)F)c1. The second-order valence-electron chi connectivity index (χ2n) is 3.85. The van der Waals surface area contributed by atoms with E-state index in [9.17, 15) is 13.2 Å². The normalized spacial score (nSPS) is 12.2. The first-order chi connectivity index (χ1) is 8.82. The van der Waals surface area contributed by atoms with E-state index in [1.807, 2.05) is 13.8 Å². The van der Waals surface area contributed by atoms with Gasteiger partial charge in [-0.3, -0.25) is 5.43 Å². The molecule has 2 N–H and O–H groups in total. The molecule has 0 atom stereocenters. The van der Waals surface area contributed by atoms with E-state index in [2.05, 4.69) is 15.8 Å². The molecule has 0 fully saturated rings. The molecule has 1 aromatic carbocycles. The maximum absolute atomic E-state index is 12.5. The smallest absolute Gasteiger partial charge is 0.331 e. The number of halogens is 3. The minimum atomic E-state index is -4.37. The summed E-state index contributed by atoms with van der Waals surface area (Å²) in [5, 5.41) is 6.74. The van der Waals surface area contributed by atoms with E-state index in [0.29, 0.717) is 0 Å². The predicted molar refractivity (Wildman–Crippen MR) is 74.2 cm³/mol. The third-order valence-corrected chi connectivity index (χ3v) is 2.50. The van der Waals surface area contributed by atoms with Crippen molar-refractivity contribution in [2.75, 3.05) is 5.32 Å². The summed E-state index contributed by atoms with van der Waals surface area (Å²) in [6.07, 6.45) is -3.61. The zero-order valence-electron chi connectivity index (χ0n) is 10.5. The molecular formula is C12H14F3N3S. The molecule has 0 radical (unpaired) electrons. The van der Waals surface area contributed by atoms with Gasteiger partial charge in [0.15, 0.2) is 5.11 Å². The van der Waals surface area contributed by atoms with Gasteiger partial charge in [0.1, 0.15) is 0 Å². The summed E-state index contributed by atoms with van der Waals surface area (Å²) in [5.41, 5.74) is 2.94. The van der Waals surface area contributed by atoms with Gasteiger partial charge in [-0.15, -0.1) is 0 Å². The lowest BCUT2D eigenvalue weighted by Crippen LogP contribution is -2.24. The van der Waals surface area contributed by atoms with E-state index < -0.39 is 11.7 Å². The second-order valence-corrected chi connectivity index (χ2v) is 4.25. The number of alkyl halides is 3. The van der Waals surface area contributed by atoms with Crippen LogP contribution in [0.1, 0.15) is 25.8 Å². The van der Waals surface area contributed by atoms with Crippen molar-refractivity contribution < 1.29 is 13.2 Å². The molecule has 1 rings (SSSR count). The molecule has 0 unspecified atom stereocenters. The number of rotatable bonds is 3. The van der Waals surface area contributed by atoms with Crippen molar-refractivity contribution in [3.63, 3.8) is 0 Å². The number of benzene rings is 1. The van der Waals surface area contributed by atoms with Gasteiger partial charge < -0.3 is 5.32 Å². The fourth-order valence-electron chi connectivity index (χ4n) is 1.16. The molecule has 0 aliphatic heterocycles. The molecule has 0 spiro atoms. The Balaban J connectivity index is 2.70. The summed E-state index contributed by atoms with van der Waals surface area (Å²) in [6, 6.07) is 4.80. The topological polar surface area (TPSA) is 36.4 Å². The molecule has 7 heteroatoms. The minimum Gasteiger partial charge on any atom is -0.331 e. The number of hydrogen-bond acceptors (Lipinski definition) is 2. The number of thiocarbonyl (C=S) groups is 1. The Labute approximate surface area is 114 Å². The molecule has 0 aliphatic rings. The average molecular weight is 289 g/mol. The van der Waals surface area contributed by atoms with Crippen molar-refractivity contribution in [3.8, 4) is 0 Å². The lowest BCUT2D eigenvalue weighted by atomic mass is 10.2. The highest BCUT2D eigenvalue weighted by Crippen LogP contribution is 2.30. The lowest BCUT2D eigenvalue weighted by molar-refractivity contribution is -0.137. The number of anilines is 1. The summed E-state index contributed by atoms with van der Waals surface area (Å²) >= 11 is 4.93. The molecule has 0 aliphatic carbocycles. The molecule has 0 saturated heterocycles. The van der Waals surface area contributed by atoms with Crippen LogP contribution in [0, 0.1) is 0 Å². The monoisotopic (exact) mass is 289 g/mol. The molecule has 0 saturated carbocycles. The van der Waals surface area contributed by atoms with E-state index in [1.54, 1.807) is 0 Å². The van der Waals surface area contributed by atoms with Gasteiger partial charge in [-0.05, 0) is 43.8 Å². The first-order valence-corrected chi connectivity index (χ1v) is 6.01. The zero-order valence-corrected chi connectivity index (χ0v) is 11.3. The van der Waals surface area contributed by atoms with Gasteiger partial charge in [0, 0.05) is 11.4 Å². The van der Waals surface area contributed by atoms with Crippen LogP contribution in [0.2, 0.25) is 0 Å². The standard InChI is InChI=1S/C12H14F3N3S/c1-3-8(2)17-18-11(19)16-10-6-4-5-9(7-10)12(13,14)15/h4-7H,3H2,1-2H3,(H2,16,18,19)/b17-8-. The first kappa shape index (κ1) is 15.4. The van der Waals surface area contributed by atoms with Crippen LogP contribution in [0.4, 0.5) is 18.9 Å². The molecule has 1 aromatic rings.